The number of hydrogen-bond acceptors (Lipinski definition) is 5. The fraction of sp³-hybridized carbons (Fsp3) is 0.143. The molecular formula is C14H13N3O3S. The highest BCUT2D eigenvalue weighted by atomic mass is 32.2. The van der Waals surface area contributed by atoms with Crippen molar-refractivity contribution in [2.24, 2.45) is 0 Å². The van der Waals surface area contributed by atoms with Crippen LogP contribution in [0, 0.1) is 0 Å². The average Bonchev–Trinajstić information content (AvgIpc) is 2.89. The van der Waals surface area contributed by atoms with Crippen LogP contribution in [0.2, 0.25) is 0 Å². The van der Waals surface area contributed by atoms with E-state index in [1.165, 1.54) is 0 Å². The lowest BCUT2D eigenvalue weighted by Gasteiger charge is -2.04. The van der Waals surface area contributed by atoms with Gasteiger partial charge in [-0.05, 0) is 24.3 Å². The van der Waals surface area contributed by atoms with Crippen molar-refractivity contribution in [2.45, 2.75) is 12.3 Å². The van der Waals surface area contributed by atoms with Crippen LogP contribution in [-0.4, -0.2) is 18.6 Å². The molecule has 0 saturated carbocycles. The summed E-state index contributed by atoms with van der Waals surface area (Å²) in [5, 5.41) is 4.53. The molecule has 0 saturated heterocycles. The monoisotopic (exact) mass is 303 g/mol. The minimum absolute atomic E-state index is 0.152. The van der Waals surface area contributed by atoms with E-state index in [1.54, 1.807) is 30.5 Å². The Morgan fingerprint density at radius 3 is 2.71 bits per heavy atom. The van der Waals surface area contributed by atoms with Crippen molar-refractivity contribution in [2.75, 3.05) is 0 Å². The Bertz CT molecular complexity index is 844. The number of pyridine rings is 1. The Morgan fingerprint density at radius 1 is 1.10 bits per heavy atom. The molecule has 3 aromatic rings. The largest absolute Gasteiger partial charge is 0.356 e. The lowest BCUT2D eigenvalue weighted by atomic mass is 10.2. The molecular weight excluding hydrogens is 290 g/mol. The van der Waals surface area contributed by atoms with Gasteiger partial charge in [0, 0.05) is 11.6 Å². The summed E-state index contributed by atoms with van der Waals surface area (Å²) in [6.07, 6.45) is 1.62. The van der Waals surface area contributed by atoms with Gasteiger partial charge in [-0.15, -0.1) is 0 Å². The minimum atomic E-state index is -3.51. The van der Waals surface area contributed by atoms with Gasteiger partial charge in [0.2, 0.25) is 10.0 Å². The molecule has 0 radical (unpaired) electrons. The van der Waals surface area contributed by atoms with Gasteiger partial charge < -0.3 is 4.52 Å². The molecule has 0 atom stereocenters. The molecule has 0 spiro atoms. The Balaban J connectivity index is 1.74. The summed E-state index contributed by atoms with van der Waals surface area (Å²) in [4.78, 5) is 4.07. The fourth-order valence-corrected chi connectivity index (χ4v) is 3.00. The molecule has 0 aliphatic heterocycles. The SMILES string of the molecule is O=S(=O)(Cc1noc2ccccc12)NCc1ccccn1. The molecule has 2 heterocycles. The number of para-hydroxylation sites is 1. The van der Waals surface area contributed by atoms with E-state index in [9.17, 15) is 8.42 Å². The van der Waals surface area contributed by atoms with Crippen molar-refractivity contribution < 1.29 is 12.9 Å². The maximum Gasteiger partial charge on any atom is 0.217 e. The lowest BCUT2D eigenvalue weighted by Crippen LogP contribution is -2.25. The zero-order valence-electron chi connectivity index (χ0n) is 11.1. The second-order valence-corrected chi connectivity index (χ2v) is 6.33. The average molecular weight is 303 g/mol. The van der Waals surface area contributed by atoms with Gasteiger partial charge in [0.15, 0.2) is 5.58 Å². The van der Waals surface area contributed by atoms with Crippen molar-refractivity contribution >= 4 is 21.0 Å². The number of sulfonamides is 1. The zero-order valence-corrected chi connectivity index (χ0v) is 11.9. The maximum absolute atomic E-state index is 12.1. The predicted octanol–water partition coefficient (Wildman–Crippen LogP) is 1.84. The molecule has 21 heavy (non-hydrogen) atoms. The smallest absolute Gasteiger partial charge is 0.217 e. The molecule has 1 aromatic carbocycles. The van der Waals surface area contributed by atoms with Crippen LogP contribution < -0.4 is 4.72 Å². The van der Waals surface area contributed by atoms with Crippen LogP contribution in [0.4, 0.5) is 0 Å². The Morgan fingerprint density at radius 2 is 1.90 bits per heavy atom. The normalized spacial score (nSPS) is 11.8. The molecule has 6 nitrogen and oxygen atoms in total. The second kappa shape index (κ2) is 5.63. The second-order valence-electron chi connectivity index (χ2n) is 4.53. The summed E-state index contributed by atoms with van der Waals surface area (Å²) in [7, 11) is -3.51. The van der Waals surface area contributed by atoms with E-state index in [4.69, 9.17) is 4.52 Å². The van der Waals surface area contributed by atoms with Gasteiger partial charge in [0.05, 0.1) is 12.2 Å². The van der Waals surface area contributed by atoms with Gasteiger partial charge in [0.25, 0.3) is 0 Å². The van der Waals surface area contributed by atoms with Crippen LogP contribution in [0.5, 0.6) is 0 Å². The lowest BCUT2D eigenvalue weighted by molar-refractivity contribution is 0.448. The maximum atomic E-state index is 12.1. The quantitative estimate of drug-likeness (QED) is 0.777. The first kappa shape index (κ1) is 13.7. The minimum Gasteiger partial charge on any atom is -0.356 e. The van der Waals surface area contributed by atoms with Gasteiger partial charge in [-0.3, -0.25) is 4.98 Å². The van der Waals surface area contributed by atoms with Crippen LogP contribution in [0.15, 0.2) is 53.2 Å². The Hall–Kier alpha value is -2.25. The number of benzene rings is 1. The van der Waals surface area contributed by atoms with Crippen LogP contribution in [-0.2, 0) is 22.3 Å². The van der Waals surface area contributed by atoms with Gasteiger partial charge in [-0.25, -0.2) is 13.1 Å². The van der Waals surface area contributed by atoms with Crippen LogP contribution in [0.3, 0.4) is 0 Å². The summed E-state index contributed by atoms with van der Waals surface area (Å²) in [6, 6.07) is 12.5. The number of rotatable bonds is 5. The van der Waals surface area contributed by atoms with E-state index in [1.807, 2.05) is 18.2 Å². The molecule has 0 amide bonds. The van der Waals surface area contributed by atoms with Crippen molar-refractivity contribution in [1.82, 2.24) is 14.9 Å². The molecule has 0 unspecified atom stereocenters. The van der Waals surface area contributed by atoms with Gasteiger partial charge in [-0.1, -0.05) is 23.4 Å². The van der Waals surface area contributed by atoms with Crippen molar-refractivity contribution in [3.63, 3.8) is 0 Å². The topological polar surface area (TPSA) is 85.1 Å². The van der Waals surface area contributed by atoms with Gasteiger partial charge in [0.1, 0.15) is 11.4 Å². The number of nitrogens with one attached hydrogen (secondary N) is 1. The summed E-state index contributed by atoms with van der Waals surface area (Å²) in [5.74, 6) is -0.225. The summed E-state index contributed by atoms with van der Waals surface area (Å²) in [5.41, 5.74) is 1.64. The molecule has 0 aliphatic carbocycles. The first-order chi connectivity index (χ1) is 10.1. The third-order valence-electron chi connectivity index (χ3n) is 2.98. The molecule has 7 heteroatoms. The highest BCUT2D eigenvalue weighted by Gasteiger charge is 2.17. The number of hydrogen-bond donors (Lipinski definition) is 1. The van der Waals surface area contributed by atoms with Crippen LogP contribution in [0.1, 0.15) is 11.4 Å². The Labute approximate surface area is 121 Å². The molecule has 108 valence electrons. The first-order valence-electron chi connectivity index (χ1n) is 6.34. The van der Waals surface area contributed by atoms with E-state index >= 15 is 0 Å². The van der Waals surface area contributed by atoms with Crippen LogP contribution >= 0.6 is 0 Å². The summed E-state index contributed by atoms with van der Waals surface area (Å²) in [6.45, 7) is 0.152. The van der Waals surface area contributed by atoms with E-state index in [0.717, 1.165) is 0 Å². The van der Waals surface area contributed by atoms with E-state index < -0.39 is 10.0 Å². The summed E-state index contributed by atoms with van der Waals surface area (Å²) < 4.78 is 31.8. The van der Waals surface area contributed by atoms with E-state index in [-0.39, 0.29) is 12.3 Å². The fourth-order valence-electron chi connectivity index (χ4n) is 1.96. The number of fused-ring (bicyclic) bond motifs is 1. The third-order valence-corrected chi connectivity index (χ3v) is 4.22. The van der Waals surface area contributed by atoms with Crippen molar-refractivity contribution in [3.05, 3.63) is 60.0 Å². The third kappa shape index (κ3) is 3.26. The summed E-state index contributed by atoms with van der Waals surface area (Å²) >= 11 is 0. The van der Waals surface area contributed by atoms with Gasteiger partial charge in [-0.2, -0.15) is 0 Å². The first-order valence-corrected chi connectivity index (χ1v) is 8.00. The standard InChI is InChI=1S/C14H13N3O3S/c18-21(19,16-9-11-5-3-4-8-15-11)10-13-12-6-1-2-7-14(12)20-17-13/h1-8,16H,9-10H2. The number of aromatic nitrogens is 2. The van der Waals surface area contributed by atoms with Crippen molar-refractivity contribution in [3.8, 4) is 0 Å². The van der Waals surface area contributed by atoms with Crippen LogP contribution in [0.25, 0.3) is 11.0 Å². The molecule has 1 N–H and O–H groups in total. The molecule has 0 fully saturated rings. The van der Waals surface area contributed by atoms with E-state index in [2.05, 4.69) is 14.9 Å². The predicted molar refractivity (Wildman–Crippen MR) is 77.7 cm³/mol. The molecule has 0 bridgehead atoms. The van der Waals surface area contributed by atoms with E-state index in [0.29, 0.717) is 22.4 Å². The molecule has 2 aromatic heterocycles. The highest BCUT2D eigenvalue weighted by Crippen LogP contribution is 2.19. The Kier molecular flexibility index (Phi) is 3.68. The highest BCUT2D eigenvalue weighted by molar-refractivity contribution is 7.88. The zero-order chi connectivity index (χ0) is 14.7. The van der Waals surface area contributed by atoms with Gasteiger partial charge >= 0.3 is 0 Å². The number of nitrogens with zero attached hydrogens (tertiary/aromatic N) is 2. The van der Waals surface area contributed by atoms with Crippen molar-refractivity contribution in [1.29, 1.82) is 0 Å². The molecule has 0 aliphatic rings. The molecule has 3 rings (SSSR count).